The van der Waals surface area contributed by atoms with Crippen molar-refractivity contribution in [3.05, 3.63) is 36.2 Å². The summed E-state index contributed by atoms with van der Waals surface area (Å²) in [4.78, 5) is 3.89. The first-order valence-electron chi connectivity index (χ1n) is 4.27. The molecule has 0 unspecified atom stereocenters. The van der Waals surface area contributed by atoms with Gasteiger partial charge in [-0.15, -0.1) is 10.2 Å². The molecule has 2 N–H and O–H groups in total. The summed E-state index contributed by atoms with van der Waals surface area (Å²) in [6, 6.07) is 7.92. The summed E-state index contributed by atoms with van der Waals surface area (Å²) in [5.74, 6) is 0.408. The molecule has 0 aliphatic heterocycles. The first-order chi connectivity index (χ1) is 6.77. The number of nitrogens with two attached hydrogens (primary N) is 1. The number of anilines is 1. The quantitative estimate of drug-likeness (QED) is 0.731. The van der Waals surface area contributed by atoms with E-state index in [2.05, 4.69) is 15.2 Å². The Morgan fingerprint density at radius 2 is 2.14 bits per heavy atom. The van der Waals surface area contributed by atoms with E-state index in [0.717, 1.165) is 11.1 Å². The van der Waals surface area contributed by atoms with Gasteiger partial charge in [-0.3, -0.25) is 0 Å². The van der Waals surface area contributed by atoms with Crippen molar-refractivity contribution in [3.63, 3.8) is 0 Å². The van der Waals surface area contributed by atoms with E-state index in [9.17, 15) is 0 Å². The van der Waals surface area contributed by atoms with Crippen LogP contribution in [-0.4, -0.2) is 15.2 Å². The van der Waals surface area contributed by atoms with Gasteiger partial charge in [0.2, 0.25) is 0 Å². The van der Waals surface area contributed by atoms with Crippen LogP contribution in [0.2, 0.25) is 0 Å². The molecular weight excluding hydrogens is 176 g/mol. The Labute approximate surface area is 81.8 Å². The van der Waals surface area contributed by atoms with Gasteiger partial charge >= 0.3 is 0 Å². The minimum absolute atomic E-state index is 0.408. The van der Waals surface area contributed by atoms with E-state index in [4.69, 9.17) is 5.73 Å². The summed E-state index contributed by atoms with van der Waals surface area (Å²) in [6.45, 7) is 2.02. The Bertz CT molecular complexity index is 453. The van der Waals surface area contributed by atoms with E-state index in [1.165, 1.54) is 6.33 Å². The van der Waals surface area contributed by atoms with E-state index in [-0.39, 0.29) is 0 Å². The summed E-state index contributed by atoms with van der Waals surface area (Å²) in [5.41, 5.74) is 8.43. The number of hydrogen-bond donors (Lipinski definition) is 1. The van der Waals surface area contributed by atoms with Crippen molar-refractivity contribution < 1.29 is 0 Å². The maximum absolute atomic E-state index is 5.69. The zero-order valence-corrected chi connectivity index (χ0v) is 7.81. The molecule has 4 nitrogen and oxygen atoms in total. The third kappa shape index (κ3) is 1.54. The van der Waals surface area contributed by atoms with E-state index >= 15 is 0 Å². The average molecular weight is 186 g/mol. The molecule has 0 aliphatic rings. The highest BCUT2D eigenvalue weighted by molar-refractivity contribution is 5.69. The Hall–Kier alpha value is -1.97. The Balaban J connectivity index is 2.55. The summed E-state index contributed by atoms with van der Waals surface area (Å²) < 4.78 is 0. The number of nitrogens with zero attached hydrogens (tertiary/aromatic N) is 3. The third-order valence-corrected chi connectivity index (χ3v) is 1.94. The van der Waals surface area contributed by atoms with Gasteiger partial charge < -0.3 is 5.73 Å². The molecule has 0 spiro atoms. The topological polar surface area (TPSA) is 64.7 Å². The van der Waals surface area contributed by atoms with Crippen LogP contribution in [0, 0.1) is 6.92 Å². The molecule has 0 aliphatic carbocycles. The van der Waals surface area contributed by atoms with Crippen LogP contribution in [0.3, 0.4) is 0 Å². The second-order valence-corrected chi connectivity index (χ2v) is 3.06. The molecule has 70 valence electrons. The second kappa shape index (κ2) is 3.41. The van der Waals surface area contributed by atoms with Crippen LogP contribution < -0.4 is 5.73 Å². The van der Waals surface area contributed by atoms with Crippen molar-refractivity contribution in [2.75, 3.05) is 5.73 Å². The maximum Gasteiger partial charge on any atom is 0.153 e. The van der Waals surface area contributed by atoms with Gasteiger partial charge in [-0.25, -0.2) is 4.98 Å². The minimum Gasteiger partial charge on any atom is -0.382 e. The van der Waals surface area contributed by atoms with Gasteiger partial charge in [0.15, 0.2) is 5.82 Å². The highest BCUT2D eigenvalue weighted by Gasteiger charge is 2.04. The molecule has 0 amide bonds. The normalized spacial score (nSPS) is 10.1. The Morgan fingerprint density at radius 3 is 2.86 bits per heavy atom. The largest absolute Gasteiger partial charge is 0.382 e. The first kappa shape index (κ1) is 8.62. The predicted octanol–water partition coefficient (Wildman–Crippen LogP) is 1.43. The number of hydrogen-bond acceptors (Lipinski definition) is 4. The molecule has 0 saturated carbocycles. The van der Waals surface area contributed by atoms with Gasteiger partial charge in [-0.1, -0.05) is 23.8 Å². The molecule has 0 bridgehead atoms. The fourth-order valence-corrected chi connectivity index (χ4v) is 1.28. The predicted molar refractivity (Wildman–Crippen MR) is 54.4 cm³/mol. The molecule has 0 radical (unpaired) electrons. The van der Waals surface area contributed by atoms with Crippen LogP contribution in [0.25, 0.3) is 11.3 Å². The van der Waals surface area contributed by atoms with Gasteiger partial charge in [-0.2, -0.15) is 0 Å². The van der Waals surface area contributed by atoms with Crippen molar-refractivity contribution in [2.45, 2.75) is 6.92 Å². The number of aromatic nitrogens is 3. The van der Waals surface area contributed by atoms with Crippen molar-refractivity contribution >= 4 is 5.82 Å². The van der Waals surface area contributed by atoms with Crippen LogP contribution in [0.15, 0.2) is 30.6 Å². The number of aryl methyl sites for hydroxylation is 1. The standard InChI is InChI=1S/C10H10N4/c1-7-3-2-4-8(5-7)9-10(11)12-6-13-14-9/h2-6H,1H3,(H2,11,12,13). The Kier molecular flexibility index (Phi) is 2.10. The lowest BCUT2D eigenvalue weighted by atomic mass is 10.1. The molecule has 1 aromatic heterocycles. The molecular formula is C10H10N4. The number of nitrogen functional groups attached to an aromatic ring is 1. The van der Waals surface area contributed by atoms with Gasteiger partial charge in [0.25, 0.3) is 0 Å². The van der Waals surface area contributed by atoms with E-state index in [1.807, 2.05) is 31.2 Å². The highest BCUT2D eigenvalue weighted by Crippen LogP contribution is 2.20. The third-order valence-electron chi connectivity index (χ3n) is 1.94. The molecule has 2 aromatic rings. The number of rotatable bonds is 1. The molecule has 0 fully saturated rings. The van der Waals surface area contributed by atoms with Gasteiger partial charge in [0.1, 0.15) is 12.0 Å². The van der Waals surface area contributed by atoms with Crippen molar-refractivity contribution in [1.82, 2.24) is 15.2 Å². The molecule has 1 heterocycles. The van der Waals surface area contributed by atoms with Gasteiger partial charge in [-0.05, 0) is 13.0 Å². The van der Waals surface area contributed by atoms with Crippen LogP contribution >= 0.6 is 0 Å². The lowest BCUT2D eigenvalue weighted by molar-refractivity contribution is 0.983. The summed E-state index contributed by atoms with van der Waals surface area (Å²) in [7, 11) is 0. The van der Waals surface area contributed by atoms with E-state index in [1.54, 1.807) is 0 Å². The Morgan fingerprint density at radius 1 is 1.29 bits per heavy atom. The molecule has 14 heavy (non-hydrogen) atoms. The monoisotopic (exact) mass is 186 g/mol. The fourth-order valence-electron chi connectivity index (χ4n) is 1.28. The summed E-state index contributed by atoms with van der Waals surface area (Å²) in [6.07, 6.45) is 1.34. The SMILES string of the molecule is Cc1cccc(-c2nncnc2N)c1. The van der Waals surface area contributed by atoms with Crippen LogP contribution in [0.1, 0.15) is 5.56 Å². The van der Waals surface area contributed by atoms with Gasteiger partial charge in [0, 0.05) is 5.56 Å². The van der Waals surface area contributed by atoms with Crippen molar-refractivity contribution in [3.8, 4) is 11.3 Å². The van der Waals surface area contributed by atoms with Crippen LogP contribution in [0.5, 0.6) is 0 Å². The zero-order chi connectivity index (χ0) is 9.97. The zero-order valence-electron chi connectivity index (χ0n) is 7.81. The summed E-state index contributed by atoms with van der Waals surface area (Å²) in [5, 5.41) is 7.66. The van der Waals surface area contributed by atoms with E-state index in [0.29, 0.717) is 11.5 Å². The summed E-state index contributed by atoms with van der Waals surface area (Å²) >= 11 is 0. The van der Waals surface area contributed by atoms with Crippen LogP contribution in [-0.2, 0) is 0 Å². The van der Waals surface area contributed by atoms with Gasteiger partial charge in [0.05, 0.1) is 0 Å². The lowest BCUT2D eigenvalue weighted by Crippen LogP contribution is -1.98. The second-order valence-electron chi connectivity index (χ2n) is 3.06. The highest BCUT2D eigenvalue weighted by atomic mass is 15.1. The number of benzene rings is 1. The maximum atomic E-state index is 5.69. The average Bonchev–Trinajstić information content (AvgIpc) is 2.18. The van der Waals surface area contributed by atoms with Crippen molar-refractivity contribution in [1.29, 1.82) is 0 Å². The molecule has 0 saturated heterocycles. The molecule has 4 heteroatoms. The van der Waals surface area contributed by atoms with E-state index < -0.39 is 0 Å². The van der Waals surface area contributed by atoms with Crippen LogP contribution in [0.4, 0.5) is 5.82 Å². The fraction of sp³-hybridized carbons (Fsp3) is 0.100. The smallest absolute Gasteiger partial charge is 0.153 e. The molecule has 2 rings (SSSR count). The lowest BCUT2D eigenvalue weighted by Gasteiger charge is -2.02. The van der Waals surface area contributed by atoms with Crippen molar-refractivity contribution in [2.24, 2.45) is 0 Å². The molecule has 1 aromatic carbocycles. The molecule has 0 atom stereocenters. The first-order valence-corrected chi connectivity index (χ1v) is 4.27. The minimum atomic E-state index is 0.408.